The number of hydrogen-bond acceptors (Lipinski definition) is 7. The zero-order valence-corrected chi connectivity index (χ0v) is 27.5. The van der Waals surface area contributed by atoms with Crippen LogP contribution < -0.4 is 10.6 Å². The lowest BCUT2D eigenvalue weighted by atomic mass is 9.92. The Kier molecular flexibility index (Phi) is 8.98. The molecular formula is C33H44FN7O3S. The van der Waals surface area contributed by atoms with Gasteiger partial charge in [0.05, 0.1) is 10.8 Å². The molecule has 6 rings (SSSR count). The first-order chi connectivity index (χ1) is 21.5. The van der Waals surface area contributed by atoms with E-state index in [1.807, 2.05) is 28.0 Å². The Labute approximate surface area is 267 Å². The molecule has 10 nitrogen and oxygen atoms in total. The summed E-state index contributed by atoms with van der Waals surface area (Å²) >= 11 is 1.48. The number of aromatic nitrogens is 3. The molecule has 2 atom stereocenters. The number of pyridine rings is 1. The Hall–Kier alpha value is -3.38. The third-order valence-electron chi connectivity index (χ3n) is 9.37. The molecule has 3 aromatic rings. The molecular weight excluding hydrogens is 593 g/mol. The fraction of sp³-hybridized carbons (Fsp3) is 0.576. The van der Waals surface area contributed by atoms with E-state index >= 15 is 0 Å². The van der Waals surface area contributed by atoms with Crippen LogP contribution in [0.1, 0.15) is 63.4 Å². The van der Waals surface area contributed by atoms with Crippen molar-refractivity contribution in [3.05, 3.63) is 58.4 Å². The number of H-pyrrole nitrogens is 1. The van der Waals surface area contributed by atoms with E-state index in [-0.39, 0.29) is 46.6 Å². The number of benzene rings is 1. The molecule has 0 spiro atoms. The van der Waals surface area contributed by atoms with E-state index in [2.05, 4.69) is 47.6 Å². The number of nitrogens with one attached hydrogen (secondary N) is 1. The number of aromatic amines is 1. The number of likely N-dealkylation sites (tertiary alicyclic amines) is 1. The average Bonchev–Trinajstić information content (AvgIpc) is 3.51. The Morgan fingerprint density at radius 1 is 1.07 bits per heavy atom. The van der Waals surface area contributed by atoms with Gasteiger partial charge in [0.2, 0.25) is 11.8 Å². The number of anilines is 1. The van der Waals surface area contributed by atoms with Crippen molar-refractivity contribution >= 4 is 40.4 Å². The highest BCUT2D eigenvalue weighted by Gasteiger charge is 2.44. The minimum absolute atomic E-state index is 0.0127. The first-order valence-corrected chi connectivity index (χ1v) is 16.9. The van der Waals surface area contributed by atoms with E-state index < -0.39 is 5.25 Å². The van der Waals surface area contributed by atoms with Crippen LogP contribution in [0.5, 0.6) is 0 Å². The van der Waals surface area contributed by atoms with E-state index in [0.717, 1.165) is 49.4 Å². The molecule has 3 fully saturated rings. The molecule has 45 heavy (non-hydrogen) atoms. The monoisotopic (exact) mass is 637 g/mol. The van der Waals surface area contributed by atoms with Crippen molar-refractivity contribution in [3.8, 4) is 0 Å². The summed E-state index contributed by atoms with van der Waals surface area (Å²) in [6, 6.07) is 8.61. The highest BCUT2D eigenvalue weighted by molar-refractivity contribution is 8.01. The number of carbonyl (C=O) groups is 2. The lowest BCUT2D eigenvalue weighted by Gasteiger charge is -2.37. The third kappa shape index (κ3) is 6.77. The van der Waals surface area contributed by atoms with Gasteiger partial charge in [0.1, 0.15) is 11.2 Å². The maximum atomic E-state index is 14.8. The van der Waals surface area contributed by atoms with E-state index in [9.17, 15) is 18.8 Å². The fourth-order valence-corrected chi connectivity index (χ4v) is 8.18. The van der Waals surface area contributed by atoms with E-state index in [1.165, 1.54) is 17.8 Å². The molecule has 0 aliphatic carbocycles. The molecule has 0 saturated carbocycles. The normalized spacial score (nSPS) is 22.2. The van der Waals surface area contributed by atoms with Gasteiger partial charge in [-0.25, -0.2) is 14.2 Å². The van der Waals surface area contributed by atoms with Crippen molar-refractivity contribution in [2.75, 3.05) is 57.8 Å². The van der Waals surface area contributed by atoms with Crippen LogP contribution in [0.3, 0.4) is 0 Å². The molecule has 1 aromatic carbocycles. The summed E-state index contributed by atoms with van der Waals surface area (Å²) in [5.74, 6) is -0.426. The van der Waals surface area contributed by atoms with Gasteiger partial charge in [0.15, 0.2) is 5.65 Å². The number of hydrogen-bond donors (Lipinski definition) is 1. The summed E-state index contributed by atoms with van der Waals surface area (Å²) in [4.78, 5) is 55.7. The maximum absolute atomic E-state index is 14.8. The predicted octanol–water partition coefficient (Wildman–Crippen LogP) is 4.25. The van der Waals surface area contributed by atoms with Crippen molar-refractivity contribution in [1.29, 1.82) is 0 Å². The maximum Gasteiger partial charge on any atom is 0.327 e. The molecule has 3 aliphatic rings. The van der Waals surface area contributed by atoms with Gasteiger partial charge in [-0.05, 0) is 62.1 Å². The van der Waals surface area contributed by atoms with Gasteiger partial charge in [-0.15, -0.1) is 11.8 Å². The molecule has 0 bridgehead atoms. The number of imidazole rings is 1. The predicted molar refractivity (Wildman–Crippen MR) is 176 cm³/mol. The zero-order chi connectivity index (χ0) is 31.9. The molecule has 5 heterocycles. The van der Waals surface area contributed by atoms with Gasteiger partial charge < -0.3 is 19.6 Å². The Morgan fingerprint density at radius 3 is 2.51 bits per heavy atom. The number of nitrogens with zero attached hydrogens (tertiary/aromatic N) is 6. The number of rotatable bonds is 7. The molecule has 2 aromatic heterocycles. The number of piperidine rings is 1. The van der Waals surface area contributed by atoms with E-state index in [4.69, 9.17) is 0 Å². The summed E-state index contributed by atoms with van der Waals surface area (Å²) in [7, 11) is 2.10. The zero-order valence-electron chi connectivity index (χ0n) is 26.7. The molecule has 242 valence electrons. The summed E-state index contributed by atoms with van der Waals surface area (Å²) in [5, 5.41) is -0.901. The number of thioether (sulfide) groups is 1. The highest BCUT2D eigenvalue weighted by Crippen LogP contribution is 2.48. The molecule has 3 aliphatic heterocycles. The van der Waals surface area contributed by atoms with Crippen LogP contribution >= 0.6 is 11.8 Å². The largest absolute Gasteiger partial charge is 0.369 e. The van der Waals surface area contributed by atoms with Crippen molar-refractivity contribution in [1.82, 2.24) is 29.2 Å². The van der Waals surface area contributed by atoms with Gasteiger partial charge in [-0.3, -0.25) is 19.1 Å². The van der Waals surface area contributed by atoms with Gasteiger partial charge in [-0.1, -0.05) is 20.8 Å². The summed E-state index contributed by atoms with van der Waals surface area (Å²) in [6.45, 7) is 11.5. The SMILES string of the molecule is CN1CCN(c2ccc(F)cc2[C@H]2S[C@@H](CC(=O)N3CCC(n4c(=O)[nH]c5ncccc54)CC3)C(=O)N2CCC(C)(C)C)CC1. The van der Waals surface area contributed by atoms with Crippen LogP contribution in [0.25, 0.3) is 11.2 Å². The molecule has 3 saturated heterocycles. The lowest BCUT2D eigenvalue weighted by molar-refractivity contribution is -0.136. The topological polar surface area (TPSA) is 97.8 Å². The minimum Gasteiger partial charge on any atom is -0.369 e. The van der Waals surface area contributed by atoms with Crippen molar-refractivity contribution in [2.24, 2.45) is 5.41 Å². The Balaban J connectivity index is 1.18. The van der Waals surface area contributed by atoms with Crippen molar-refractivity contribution < 1.29 is 14.0 Å². The Bertz CT molecular complexity index is 1600. The van der Waals surface area contributed by atoms with Gasteiger partial charge in [-0.2, -0.15) is 0 Å². The van der Waals surface area contributed by atoms with Gasteiger partial charge in [0, 0.05) is 75.7 Å². The molecule has 1 N–H and O–H groups in total. The van der Waals surface area contributed by atoms with Crippen LogP contribution in [0.4, 0.5) is 10.1 Å². The molecule has 12 heteroatoms. The van der Waals surface area contributed by atoms with E-state index in [1.54, 1.807) is 16.8 Å². The molecule has 2 amide bonds. The third-order valence-corrected chi connectivity index (χ3v) is 10.8. The number of amides is 2. The second-order valence-corrected chi connectivity index (χ2v) is 15.1. The number of piperazine rings is 1. The lowest BCUT2D eigenvalue weighted by Crippen LogP contribution is -2.45. The van der Waals surface area contributed by atoms with Crippen molar-refractivity contribution in [3.63, 3.8) is 0 Å². The molecule has 0 unspecified atom stereocenters. The number of fused-ring (bicyclic) bond motifs is 1. The standard InChI is InChI=1S/C33H44FN7O3S/c1-33(2,3)11-15-40-30(43)27(45-31(40)24-20-22(34)7-8-25(24)38-18-16-37(4)17-19-38)21-28(42)39-13-9-23(10-14-39)41-26-6-5-12-35-29(26)36-32(41)44/h5-8,12,20,23,27,31H,9-11,13-19,21H2,1-4H3,(H,35,36,44)/t27-,31+/m0/s1. The summed E-state index contributed by atoms with van der Waals surface area (Å²) in [5.41, 5.74) is 2.94. The van der Waals surface area contributed by atoms with Crippen LogP contribution in [0.2, 0.25) is 0 Å². The van der Waals surface area contributed by atoms with Crippen LogP contribution in [-0.4, -0.2) is 99.2 Å². The van der Waals surface area contributed by atoms with Gasteiger partial charge >= 0.3 is 5.69 Å². The van der Waals surface area contributed by atoms with Crippen LogP contribution in [0.15, 0.2) is 41.3 Å². The minimum atomic E-state index is -0.536. The van der Waals surface area contributed by atoms with Gasteiger partial charge in [0.25, 0.3) is 0 Å². The summed E-state index contributed by atoms with van der Waals surface area (Å²) < 4.78 is 16.6. The average molecular weight is 638 g/mol. The smallest absolute Gasteiger partial charge is 0.327 e. The first kappa shape index (κ1) is 31.6. The summed E-state index contributed by atoms with van der Waals surface area (Å²) in [6.07, 6.45) is 3.86. The number of carbonyl (C=O) groups excluding carboxylic acids is 2. The molecule has 0 radical (unpaired) electrons. The van der Waals surface area contributed by atoms with Crippen LogP contribution in [0, 0.1) is 11.2 Å². The quantitative estimate of drug-likeness (QED) is 0.414. The van der Waals surface area contributed by atoms with Crippen molar-refractivity contribution in [2.45, 2.75) is 63.1 Å². The highest BCUT2D eigenvalue weighted by atomic mass is 32.2. The second kappa shape index (κ2) is 12.8. The second-order valence-electron chi connectivity index (χ2n) is 13.8. The number of halogens is 1. The number of likely N-dealkylation sites (N-methyl/N-ethyl adjacent to an activating group) is 1. The first-order valence-electron chi connectivity index (χ1n) is 16.0. The van der Waals surface area contributed by atoms with E-state index in [0.29, 0.717) is 38.1 Å². The fourth-order valence-electron chi connectivity index (χ4n) is 6.69. The Morgan fingerprint density at radius 2 is 1.80 bits per heavy atom. The van der Waals surface area contributed by atoms with Crippen LogP contribution in [-0.2, 0) is 9.59 Å².